The van der Waals surface area contributed by atoms with Gasteiger partial charge in [-0.1, -0.05) is 0 Å². The van der Waals surface area contributed by atoms with Crippen molar-refractivity contribution >= 4 is 47.4 Å². The van der Waals surface area contributed by atoms with E-state index >= 15 is 0 Å². The zero-order valence-electron chi connectivity index (χ0n) is 13.0. The van der Waals surface area contributed by atoms with Crippen molar-refractivity contribution in [1.29, 1.82) is 0 Å². The zero-order chi connectivity index (χ0) is 20.3. The molecule has 0 amide bonds. The second-order valence-electron chi connectivity index (χ2n) is 4.38. The number of ether oxygens (including phenoxy) is 2. The molecule has 0 aromatic heterocycles. The van der Waals surface area contributed by atoms with E-state index in [4.69, 9.17) is 10.2 Å². The molecule has 0 unspecified atom stereocenters. The van der Waals surface area contributed by atoms with Crippen LogP contribution in [0.4, 0.5) is 0 Å². The van der Waals surface area contributed by atoms with E-state index in [1.807, 2.05) is 0 Å². The molecule has 0 saturated heterocycles. The highest BCUT2D eigenvalue weighted by atomic mass is 16.6. The van der Waals surface area contributed by atoms with Gasteiger partial charge in [-0.3, -0.25) is 19.2 Å². The van der Waals surface area contributed by atoms with Gasteiger partial charge in [-0.15, -0.1) is 0 Å². The maximum Gasteiger partial charge on any atom is 0.372 e. The molecule has 140 valence electrons. The van der Waals surface area contributed by atoms with Crippen LogP contribution in [0.1, 0.15) is 25.7 Å². The summed E-state index contributed by atoms with van der Waals surface area (Å²) in [6.07, 6.45) is -1.87. The summed E-state index contributed by atoms with van der Waals surface area (Å²) in [5, 5.41) is 16.6. The largest absolute Gasteiger partial charge is 0.476 e. The molecule has 0 fully saturated rings. The van der Waals surface area contributed by atoms with Crippen LogP contribution in [0.15, 0.2) is 12.2 Å². The molecule has 0 radical (unpaired) electrons. The van der Waals surface area contributed by atoms with Crippen LogP contribution < -0.4 is 0 Å². The van der Waals surface area contributed by atoms with Crippen molar-refractivity contribution < 1.29 is 58.0 Å². The summed E-state index contributed by atoms with van der Waals surface area (Å²) in [4.78, 5) is 86.5. The van der Waals surface area contributed by atoms with Crippen molar-refractivity contribution in [2.75, 3.05) is 0 Å². The van der Waals surface area contributed by atoms with E-state index in [9.17, 15) is 38.4 Å². The Hall–Kier alpha value is -3.70. The molecule has 0 spiro atoms. The van der Waals surface area contributed by atoms with Gasteiger partial charge in [0.15, 0.2) is 0 Å². The zero-order valence-corrected chi connectivity index (χ0v) is 13.0. The minimum absolute atomic E-state index is 0.426. The molecule has 0 aromatic carbocycles. The van der Waals surface area contributed by atoms with E-state index in [0.29, 0.717) is 12.2 Å². The molecule has 2 N–H and O–H groups in total. The van der Waals surface area contributed by atoms with Gasteiger partial charge in [0.25, 0.3) is 0 Å². The molecular formula is C14H12O12. The van der Waals surface area contributed by atoms with Crippen molar-refractivity contribution in [3.05, 3.63) is 12.2 Å². The minimum atomic E-state index is -1.75. The molecule has 0 atom stereocenters. The highest BCUT2D eigenvalue weighted by Gasteiger charge is 2.17. The number of carboxylic acids is 2. The number of carbonyl (C=O) groups excluding carboxylic acids is 6. The average molecular weight is 372 g/mol. The van der Waals surface area contributed by atoms with E-state index < -0.39 is 73.1 Å². The number of rotatable bonds is 10. The first-order valence-electron chi connectivity index (χ1n) is 6.72. The molecular weight excluding hydrogens is 360 g/mol. The van der Waals surface area contributed by atoms with Crippen molar-refractivity contribution in [2.45, 2.75) is 25.7 Å². The first-order valence-corrected chi connectivity index (χ1v) is 6.72. The molecule has 0 aromatic rings. The van der Waals surface area contributed by atoms with Gasteiger partial charge in [0.05, 0.1) is 12.8 Å². The third-order valence-corrected chi connectivity index (χ3v) is 2.37. The summed E-state index contributed by atoms with van der Waals surface area (Å²) >= 11 is 0. The Morgan fingerprint density at radius 1 is 0.577 bits per heavy atom. The van der Waals surface area contributed by atoms with Gasteiger partial charge in [0.2, 0.25) is 11.6 Å². The molecule has 12 heteroatoms. The monoisotopic (exact) mass is 372 g/mol. The highest BCUT2D eigenvalue weighted by molar-refractivity contribution is 6.33. The lowest BCUT2D eigenvalue weighted by molar-refractivity contribution is -0.159. The SMILES string of the molecule is O=C(/C=C/C(=O)OC(=O)CCC(=O)C(=O)O)OC(=O)CCC(=O)C(=O)O. The van der Waals surface area contributed by atoms with Gasteiger partial charge in [-0.25, -0.2) is 19.2 Å². The van der Waals surface area contributed by atoms with Gasteiger partial charge in [-0.05, 0) is 0 Å². The Labute approximate surface area is 144 Å². The van der Waals surface area contributed by atoms with Crippen molar-refractivity contribution in [3.8, 4) is 0 Å². The van der Waals surface area contributed by atoms with Gasteiger partial charge in [-0.2, -0.15) is 0 Å². The smallest absolute Gasteiger partial charge is 0.372 e. The summed E-state index contributed by atoms with van der Waals surface area (Å²) in [5.41, 5.74) is 0. The highest BCUT2D eigenvalue weighted by Crippen LogP contribution is 1.98. The molecule has 0 saturated carbocycles. The average Bonchev–Trinajstić information content (AvgIpc) is 2.55. The van der Waals surface area contributed by atoms with Gasteiger partial charge in [0, 0.05) is 25.0 Å². The summed E-state index contributed by atoms with van der Waals surface area (Å²) in [6, 6.07) is 0. The molecule has 0 bridgehead atoms. The van der Waals surface area contributed by atoms with Crippen LogP contribution in [0.5, 0.6) is 0 Å². The van der Waals surface area contributed by atoms with Crippen LogP contribution in [0.25, 0.3) is 0 Å². The number of carbonyl (C=O) groups is 8. The number of hydrogen-bond acceptors (Lipinski definition) is 10. The molecule has 12 nitrogen and oxygen atoms in total. The van der Waals surface area contributed by atoms with E-state index in [1.54, 1.807) is 0 Å². The molecule has 26 heavy (non-hydrogen) atoms. The predicted octanol–water partition coefficient (Wildman–Crippen LogP) is -1.45. The van der Waals surface area contributed by atoms with E-state index in [-0.39, 0.29) is 0 Å². The van der Waals surface area contributed by atoms with Crippen LogP contribution in [0, 0.1) is 0 Å². The van der Waals surface area contributed by atoms with Crippen LogP contribution >= 0.6 is 0 Å². The van der Waals surface area contributed by atoms with Crippen molar-refractivity contribution in [2.24, 2.45) is 0 Å². The van der Waals surface area contributed by atoms with Crippen molar-refractivity contribution in [1.82, 2.24) is 0 Å². The number of Topliss-reactive ketones (excluding diaryl/α,β-unsaturated/α-hetero) is 2. The van der Waals surface area contributed by atoms with Crippen LogP contribution in [-0.2, 0) is 47.8 Å². The fraction of sp³-hybridized carbons (Fsp3) is 0.286. The molecule has 0 heterocycles. The third kappa shape index (κ3) is 10.1. The first kappa shape index (κ1) is 22.3. The van der Waals surface area contributed by atoms with Crippen LogP contribution in [0.2, 0.25) is 0 Å². The maximum absolute atomic E-state index is 11.2. The Morgan fingerprint density at radius 2 is 0.885 bits per heavy atom. The minimum Gasteiger partial charge on any atom is -0.476 e. The van der Waals surface area contributed by atoms with E-state index in [0.717, 1.165) is 0 Å². The number of hydrogen-bond donors (Lipinski definition) is 2. The summed E-state index contributed by atoms with van der Waals surface area (Å²) in [6.45, 7) is 0. The van der Waals surface area contributed by atoms with Gasteiger partial charge in [0.1, 0.15) is 0 Å². The Morgan fingerprint density at radius 3 is 1.15 bits per heavy atom. The Kier molecular flexibility index (Phi) is 9.40. The van der Waals surface area contributed by atoms with Crippen LogP contribution in [-0.4, -0.2) is 57.6 Å². The Balaban J connectivity index is 4.24. The lowest BCUT2D eigenvalue weighted by Gasteiger charge is -1.99. The number of aliphatic carboxylic acids is 2. The topological polar surface area (TPSA) is 195 Å². The standard InChI is InChI=1S/C14H12O12/c15-7(13(21)22)1-3-9(17)25-11(19)5-6-12(20)26-10(18)4-2-8(16)14(23)24/h5-6H,1-4H2,(H,21,22)(H,23,24)/b6-5+. The number of esters is 4. The number of ketones is 2. The second kappa shape index (κ2) is 11.0. The van der Waals surface area contributed by atoms with Crippen LogP contribution in [0.3, 0.4) is 0 Å². The second-order valence-corrected chi connectivity index (χ2v) is 4.38. The quantitative estimate of drug-likeness (QED) is 0.196. The maximum atomic E-state index is 11.2. The molecule has 0 aliphatic carbocycles. The van der Waals surface area contributed by atoms with E-state index in [2.05, 4.69) is 9.47 Å². The summed E-state index contributed by atoms with van der Waals surface area (Å²) in [7, 11) is 0. The van der Waals surface area contributed by atoms with Gasteiger partial charge >= 0.3 is 35.8 Å². The molecule has 0 aliphatic rings. The molecule has 0 rings (SSSR count). The Bertz CT molecular complexity index is 626. The third-order valence-electron chi connectivity index (χ3n) is 2.37. The van der Waals surface area contributed by atoms with E-state index in [1.165, 1.54) is 0 Å². The fourth-order valence-corrected chi connectivity index (χ4v) is 1.18. The predicted molar refractivity (Wildman–Crippen MR) is 75.1 cm³/mol. The number of carboxylic acid groups (broad SMARTS) is 2. The summed E-state index contributed by atoms with van der Waals surface area (Å²) in [5.74, 6) is -11.1. The summed E-state index contributed by atoms with van der Waals surface area (Å²) < 4.78 is 8.26. The normalized spacial score (nSPS) is 10.0. The lowest BCUT2D eigenvalue weighted by atomic mass is 10.2. The first-order chi connectivity index (χ1) is 12.0. The lowest BCUT2D eigenvalue weighted by Crippen LogP contribution is -2.17. The fourth-order valence-electron chi connectivity index (χ4n) is 1.18. The van der Waals surface area contributed by atoms with Crippen molar-refractivity contribution in [3.63, 3.8) is 0 Å². The molecule has 0 aliphatic heterocycles. The van der Waals surface area contributed by atoms with Gasteiger partial charge < -0.3 is 19.7 Å².